The van der Waals surface area contributed by atoms with E-state index >= 15 is 0 Å². The molecular formula is C10H12ClNO. The summed E-state index contributed by atoms with van der Waals surface area (Å²) in [6.07, 6.45) is 4.52. The zero-order valence-electron chi connectivity index (χ0n) is 7.28. The van der Waals surface area contributed by atoms with Crippen LogP contribution in [-0.4, -0.2) is 10.1 Å². The van der Waals surface area contributed by atoms with Crippen molar-refractivity contribution in [1.29, 1.82) is 0 Å². The average Bonchev–Trinajstić information content (AvgIpc) is 2.89. The van der Waals surface area contributed by atoms with Crippen LogP contribution >= 0.6 is 11.6 Å². The molecule has 0 amide bonds. The van der Waals surface area contributed by atoms with E-state index < -0.39 is 6.10 Å². The summed E-state index contributed by atoms with van der Waals surface area (Å²) in [7, 11) is 0. The molecule has 1 aromatic heterocycles. The molecule has 70 valence electrons. The van der Waals surface area contributed by atoms with Gasteiger partial charge in [0.2, 0.25) is 0 Å². The van der Waals surface area contributed by atoms with E-state index in [2.05, 4.69) is 4.98 Å². The van der Waals surface area contributed by atoms with Gasteiger partial charge in [0.1, 0.15) is 0 Å². The summed E-state index contributed by atoms with van der Waals surface area (Å²) in [6.45, 7) is 0. The first-order valence-corrected chi connectivity index (χ1v) is 4.93. The fourth-order valence-electron chi connectivity index (χ4n) is 1.37. The lowest BCUT2D eigenvalue weighted by molar-refractivity contribution is 0.155. The summed E-state index contributed by atoms with van der Waals surface area (Å²) in [5.74, 6) is 0.715. The monoisotopic (exact) mass is 197 g/mol. The predicted octanol–water partition coefficient (Wildman–Crippen LogP) is 2.57. The van der Waals surface area contributed by atoms with E-state index in [0.717, 1.165) is 12.1 Å². The summed E-state index contributed by atoms with van der Waals surface area (Å²) in [6, 6.07) is 3.55. The van der Waals surface area contributed by atoms with Crippen molar-refractivity contribution in [2.45, 2.75) is 25.4 Å². The molecule has 1 heterocycles. The molecule has 3 heteroatoms. The smallest absolute Gasteiger partial charge is 0.0962 e. The highest BCUT2D eigenvalue weighted by Gasteiger charge is 2.25. The number of nitrogens with zero attached hydrogens (tertiary/aromatic N) is 1. The summed E-state index contributed by atoms with van der Waals surface area (Å²) in [5, 5.41) is 10.3. The number of hydrogen-bond donors (Lipinski definition) is 1. The van der Waals surface area contributed by atoms with E-state index in [1.165, 1.54) is 12.8 Å². The first-order chi connectivity index (χ1) is 6.25. The molecule has 0 radical (unpaired) electrons. The van der Waals surface area contributed by atoms with Gasteiger partial charge < -0.3 is 5.11 Å². The van der Waals surface area contributed by atoms with E-state index in [4.69, 9.17) is 11.6 Å². The second kappa shape index (κ2) is 3.64. The second-order valence-corrected chi connectivity index (χ2v) is 4.03. The van der Waals surface area contributed by atoms with Crippen LogP contribution in [0.1, 0.15) is 31.1 Å². The third kappa shape index (κ3) is 2.42. The Morgan fingerprint density at radius 3 is 2.85 bits per heavy atom. The largest absolute Gasteiger partial charge is 0.387 e. The van der Waals surface area contributed by atoms with Gasteiger partial charge in [0, 0.05) is 6.20 Å². The zero-order valence-corrected chi connectivity index (χ0v) is 8.04. The Morgan fingerprint density at radius 1 is 1.54 bits per heavy atom. The molecule has 1 aliphatic rings. The predicted molar refractivity (Wildman–Crippen MR) is 51.5 cm³/mol. The van der Waals surface area contributed by atoms with Gasteiger partial charge in [-0.2, -0.15) is 0 Å². The Morgan fingerprint density at radius 2 is 2.31 bits per heavy atom. The molecule has 1 atom stereocenters. The molecule has 0 spiro atoms. The fraction of sp³-hybridized carbons (Fsp3) is 0.500. The van der Waals surface area contributed by atoms with Gasteiger partial charge in [0.25, 0.3) is 0 Å². The Labute approximate surface area is 82.6 Å². The van der Waals surface area contributed by atoms with E-state index in [0.29, 0.717) is 10.9 Å². The van der Waals surface area contributed by atoms with Crippen LogP contribution in [-0.2, 0) is 0 Å². The number of halogens is 1. The van der Waals surface area contributed by atoms with Crippen molar-refractivity contribution in [1.82, 2.24) is 4.98 Å². The number of rotatable bonds is 3. The van der Waals surface area contributed by atoms with Crippen molar-refractivity contribution in [3.05, 3.63) is 29.0 Å². The number of aliphatic hydroxyl groups is 1. The lowest BCUT2D eigenvalue weighted by Crippen LogP contribution is -2.00. The minimum Gasteiger partial charge on any atom is -0.387 e. The van der Waals surface area contributed by atoms with Crippen molar-refractivity contribution in [2.75, 3.05) is 0 Å². The van der Waals surface area contributed by atoms with E-state index in [1.807, 2.05) is 0 Å². The topological polar surface area (TPSA) is 33.1 Å². The number of hydrogen-bond acceptors (Lipinski definition) is 2. The molecule has 1 saturated carbocycles. The molecule has 0 aromatic carbocycles. The molecular weight excluding hydrogens is 186 g/mol. The second-order valence-electron chi connectivity index (χ2n) is 3.60. The van der Waals surface area contributed by atoms with Crippen LogP contribution in [0.25, 0.3) is 0 Å². The summed E-state index contributed by atoms with van der Waals surface area (Å²) in [5.41, 5.74) is 0.733. The SMILES string of the molecule is OC(CC1CC1)c1ccc(Cl)cn1. The van der Waals surface area contributed by atoms with Crippen molar-refractivity contribution >= 4 is 11.6 Å². The maximum atomic E-state index is 9.72. The molecule has 1 fully saturated rings. The molecule has 1 aromatic rings. The van der Waals surface area contributed by atoms with Gasteiger partial charge in [-0.15, -0.1) is 0 Å². The van der Waals surface area contributed by atoms with Crippen LogP contribution in [0.2, 0.25) is 5.02 Å². The highest BCUT2D eigenvalue weighted by atomic mass is 35.5. The number of aromatic nitrogens is 1. The number of pyridine rings is 1. The molecule has 2 nitrogen and oxygen atoms in total. The van der Waals surface area contributed by atoms with Crippen LogP contribution in [0, 0.1) is 5.92 Å². The Hall–Kier alpha value is -0.600. The van der Waals surface area contributed by atoms with Crippen LogP contribution in [0.5, 0.6) is 0 Å². The van der Waals surface area contributed by atoms with Gasteiger partial charge in [0.15, 0.2) is 0 Å². The van der Waals surface area contributed by atoms with Gasteiger partial charge in [-0.3, -0.25) is 4.98 Å². The highest BCUT2D eigenvalue weighted by Crippen LogP contribution is 2.37. The van der Waals surface area contributed by atoms with Crippen molar-refractivity contribution in [3.8, 4) is 0 Å². The van der Waals surface area contributed by atoms with E-state index in [-0.39, 0.29) is 0 Å². The number of aliphatic hydroxyl groups excluding tert-OH is 1. The third-order valence-corrected chi connectivity index (χ3v) is 2.57. The van der Waals surface area contributed by atoms with Crippen LogP contribution in [0.15, 0.2) is 18.3 Å². The normalized spacial score (nSPS) is 18.6. The molecule has 2 rings (SSSR count). The lowest BCUT2D eigenvalue weighted by atomic mass is 10.1. The van der Waals surface area contributed by atoms with Crippen molar-refractivity contribution in [3.63, 3.8) is 0 Å². The van der Waals surface area contributed by atoms with E-state index in [9.17, 15) is 5.11 Å². The first-order valence-electron chi connectivity index (χ1n) is 4.55. The van der Waals surface area contributed by atoms with Crippen LogP contribution in [0.3, 0.4) is 0 Å². The summed E-state index contributed by atoms with van der Waals surface area (Å²) < 4.78 is 0. The lowest BCUT2D eigenvalue weighted by Gasteiger charge is -2.08. The summed E-state index contributed by atoms with van der Waals surface area (Å²) >= 11 is 5.69. The molecule has 0 bridgehead atoms. The minimum atomic E-state index is -0.412. The van der Waals surface area contributed by atoms with Crippen molar-refractivity contribution < 1.29 is 5.11 Å². The fourth-order valence-corrected chi connectivity index (χ4v) is 1.49. The van der Waals surface area contributed by atoms with Gasteiger partial charge in [-0.25, -0.2) is 0 Å². The average molecular weight is 198 g/mol. The molecule has 13 heavy (non-hydrogen) atoms. The quantitative estimate of drug-likeness (QED) is 0.808. The Balaban J connectivity index is 2.01. The Bertz CT molecular complexity index is 281. The molecule has 1 unspecified atom stereocenters. The zero-order chi connectivity index (χ0) is 9.26. The van der Waals surface area contributed by atoms with Crippen LogP contribution in [0.4, 0.5) is 0 Å². The molecule has 0 aliphatic heterocycles. The highest BCUT2D eigenvalue weighted by molar-refractivity contribution is 6.30. The van der Waals surface area contributed by atoms with Gasteiger partial charge in [0.05, 0.1) is 16.8 Å². The van der Waals surface area contributed by atoms with E-state index in [1.54, 1.807) is 18.3 Å². The third-order valence-electron chi connectivity index (χ3n) is 2.35. The molecule has 0 saturated heterocycles. The maximum absolute atomic E-state index is 9.72. The van der Waals surface area contributed by atoms with Crippen LogP contribution < -0.4 is 0 Å². The first kappa shape index (κ1) is 8.97. The molecule has 1 aliphatic carbocycles. The van der Waals surface area contributed by atoms with Gasteiger partial charge >= 0.3 is 0 Å². The van der Waals surface area contributed by atoms with Gasteiger partial charge in [-0.1, -0.05) is 24.4 Å². The molecule has 1 N–H and O–H groups in total. The maximum Gasteiger partial charge on any atom is 0.0962 e. The minimum absolute atomic E-state index is 0.412. The van der Waals surface area contributed by atoms with Gasteiger partial charge in [-0.05, 0) is 24.5 Å². The van der Waals surface area contributed by atoms with Crippen molar-refractivity contribution in [2.24, 2.45) is 5.92 Å². The summed E-state index contributed by atoms with van der Waals surface area (Å²) in [4.78, 5) is 4.08. The standard InChI is InChI=1S/C10H12ClNO/c11-8-3-4-9(12-6-8)10(13)5-7-1-2-7/h3-4,6-7,10,13H,1-2,5H2. The Kier molecular flexibility index (Phi) is 2.51.